The van der Waals surface area contributed by atoms with E-state index in [0.717, 1.165) is 8.00 Å². The Morgan fingerprint density at radius 1 is 1.35 bits per heavy atom. The van der Waals surface area contributed by atoms with E-state index in [9.17, 15) is 4.79 Å². The summed E-state index contributed by atoms with van der Waals surface area (Å²) in [5.41, 5.74) is 10.7. The third kappa shape index (κ3) is 7.08. The zero-order chi connectivity index (χ0) is 15.0. The van der Waals surface area contributed by atoms with Crippen molar-refractivity contribution < 1.29 is 9.53 Å². The molecule has 0 atom stereocenters. The van der Waals surface area contributed by atoms with Crippen LogP contribution in [0.5, 0.6) is 0 Å². The van der Waals surface area contributed by atoms with Crippen LogP contribution in [-0.4, -0.2) is 28.3 Å². The standard InChI is InChI=1S/C7H10N2O2S2.C3H3BrN2S/c1-2-11-5(10)4-12-6-3-9-7(8)13-6;4-2-1-6-3(5)7-2/h3H,2,4H2,1H3,(H2,8,9);1H,(H2,5,6). The summed E-state index contributed by atoms with van der Waals surface area (Å²) in [6, 6.07) is 0. The molecule has 0 aliphatic carbocycles. The van der Waals surface area contributed by atoms with Gasteiger partial charge in [0.25, 0.3) is 0 Å². The second-order valence-electron chi connectivity index (χ2n) is 3.11. The van der Waals surface area contributed by atoms with E-state index < -0.39 is 0 Å². The quantitative estimate of drug-likeness (QED) is 0.604. The van der Waals surface area contributed by atoms with Gasteiger partial charge in [0, 0.05) is 0 Å². The average Bonchev–Trinajstić information content (AvgIpc) is 2.97. The van der Waals surface area contributed by atoms with E-state index >= 15 is 0 Å². The molecule has 0 amide bonds. The molecule has 110 valence electrons. The summed E-state index contributed by atoms with van der Waals surface area (Å²) in [6.45, 7) is 2.21. The van der Waals surface area contributed by atoms with E-state index in [1.165, 1.54) is 34.4 Å². The first-order chi connectivity index (χ1) is 9.51. The molecular weight excluding hydrogens is 384 g/mol. The zero-order valence-corrected chi connectivity index (χ0v) is 14.6. The molecule has 0 radical (unpaired) electrons. The maximum Gasteiger partial charge on any atom is 0.316 e. The molecule has 0 fully saturated rings. The molecule has 0 bridgehead atoms. The summed E-state index contributed by atoms with van der Waals surface area (Å²) in [5, 5.41) is 1.12. The van der Waals surface area contributed by atoms with Gasteiger partial charge in [-0.15, -0.1) is 11.8 Å². The van der Waals surface area contributed by atoms with Crippen molar-refractivity contribution in [1.82, 2.24) is 9.97 Å². The molecule has 10 heteroatoms. The van der Waals surface area contributed by atoms with Gasteiger partial charge in [-0.3, -0.25) is 4.79 Å². The highest BCUT2D eigenvalue weighted by atomic mass is 79.9. The highest BCUT2D eigenvalue weighted by Crippen LogP contribution is 2.26. The number of thioether (sulfide) groups is 1. The largest absolute Gasteiger partial charge is 0.465 e. The molecule has 0 unspecified atom stereocenters. The number of halogens is 1. The van der Waals surface area contributed by atoms with Crippen LogP contribution in [0.2, 0.25) is 0 Å². The first-order valence-corrected chi connectivity index (χ1v) is 8.79. The first-order valence-electron chi connectivity index (χ1n) is 5.37. The van der Waals surface area contributed by atoms with E-state index in [1.54, 1.807) is 19.3 Å². The van der Waals surface area contributed by atoms with E-state index in [4.69, 9.17) is 16.2 Å². The van der Waals surface area contributed by atoms with Gasteiger partial charge in [0.2, 0.25) is 0 Å². The number of carbonyl (C=O) groups excluding carboxylic acids is 1. The van der Waals surface area contributed by atoms with E-state index in [2.05, 4.69) is 25.9 Å². The lowest BCUT2D eigenvalue weighted by Crippen LogP contribution is -2.05. The molecule has 2 rings (SSSR count). The number of rotatable bonds is 4. The Hall–Kier alpha value is -0.840. The van der Waals surface area contributed by atoms with Crippen molar-refractivity contribution in [3.63, 3.8) is 0 Å². The number of hydrogen-bond donors (Lipinski definition) is 2. The second-order valence-corrected chi connectivity index (χ2v) is 7.89. The van der Waals surface area contributed by atoms with E-state index in [1.807, 2.05) is 0 Å². The number of hydrogen-bond acceptors (Lipinski definition) is 9. The molecule has 6 nitrogen and oxygen atoms in total. The third-order valence-electron chi connectivity index (χ3n) is 1.64. The van der Waals surface area contributed by atoms with Gasteiger partial charge in [0.05, 0.1) is 32.7 Å². The van der Waals surface area contributed by atoms with Crippen molar-refractivity contribution >= 4 is 66.6 Å². The van der Waals surface area contributed by atoms with Crippen molar-refractivity contribution in [2.75, 3.05) is 23.8 Å². The summed E-state index contributed by atoms with van der Waals surface area (Å²) in [7, 11) is 0. The van der Waals surface area contributed by atoms with Crippen LogP contribution in [0.15, 0.2) is 20.4 Å². The number of anilines is 2. The Labute approximate surface area is 137 Å². The Bertz CT molecular complexity index is 530. The van der Waals surface area contributed by atoms with Gasteiger partial charge in [0.1, 0.15) is 0 Å². The molecule has 0 aliphatic rings. The molecule has 20 heavy (non-hydrogen) atoms. The normalized spacial score (nSPS) is 9.70. The highest BCUT2D eigenvalue weighted by molar-refractivity contribution is 9.11. The van der Waals surface area contributed by atoms with Crippen LogP contribution in [-0.2, 0) is 9.53 Å². The summed E-state index contributed by atoms with van der Waals surface area (Å²) in [5.74, 6) is 0.106. The van der Waals surface area contributed by atoms with Gasteiger partial charge in [-0.1, -0.05) is 22.7 Å². The van der Waals surface area contributed by atoms with Gasteiger partial charge in [-0.2, -0.15) is 0 Å². The van der Waals surface area contributed by atoms with E-state index in [0.29, 0.717) is 22.6 Å². The molecule has 2 aromatic heterocycles. The fraction of sp³-hybridized carbons (Fsp3) is 0.300. The van der Waals surface area contributed by atoms with Gasteiger partial charge < -0.3 is 16.2 Å². The average molecular weight is 397 g/mol. The van der Waals surface area contributed by atoms with Gasteiger partial charge >= 0.3 is 5.97 Å². The Morgan fingerprint density at radius 2 is 2.00 bits per heavy atom. The molecule has 2 aromatic rings. The fourth-order valence-electron chi connectivity index (χ4n) is 0.939. The van der Waals surface area contributed by atoms with Crippen molar-refractivity contribution in [3.05, 3.63) is 16.2 Å². The topological polar surface area (TPSA) is 104 Å². The minimum atomic E-state index is -0.209. The van der Waals surface area contributed by atoms with Crippen LogP contribution in [0.25, 0.3) is 0 Å². The maximum absolute atomic E-state index is 10.9. The van der Waals surface area contributed by atoms with Gasteiger partial charge in [-0.05, 0) is 22.9 Å². The number of nitrogens with zero attached hydrogens (tertiary/aromatic N) is 2. The Morgan fingerprint density at radius 3 is 2.40 bits per heavy atom. The molecule has 0 spiro atoms. The Kier molecular flexibility index (Phi) is 7.88. The van der Waals surface area contributed by atoms with Gasteiger partial charge in [-0.25, -0.2) is 9.97 Å². The fourth-order valence-corrected chi connectivity index (χ4v) is 3.51. The Balaban J connectivity index is 0.000000240. The lowest BCUT2D eigenvalue weighted by molar-refractivity contribution is -0.139. The van der Waals surface area contributed by atoms with Crippen molar-refractivity contribution in [1.29, 1.82) is 0 Å². The zero-order valence-electron chi connectivity index (χ0n) is 10.5. The number of carbonyl (C=O) groups is 1. The van der Waals surface area contributed by atoms with Crippen LogP contribution in [0.4, 0.5) is 10.3 Å². The molecule has 4 N–H and O–H groups in total. The number of aromatic nitrogens is 2. The monoisotopic (exact) mass is 396 g/mol. The van der Waals surface area contributed by atoms with Crippen LogP contribution in [0.1, 0.15) is 6.92 Å². The lowest BCUT2D eigenvalue weighted by Gasteiger charge is -1.98. The SMILES string of the molecule is CCOC(=O)CSc1cnc(N)s1.Nc1ncc(Br)s1. The van der Waals surface area contributed by atoms with Crippen molar-refractivity contribution in [2.45, 2.75) is 11.1 Å². The summed E-state index contributed by atoms with van der Waals surface area (Å²) < 4.78 is 6.68. The van der Waals surface area contributed by atoms with E-state index in [-0.39, 0.29) is 5.97 Å². The molecule has 0 aromatic carbocycles. The number of nitrogens with two attached hydrogens (primary N) is 2. The predicted octanol–water partition coefficient (Wildman–Crippen LogP) is 2.87. The minimum Gasteiger partial charge on any atom is -0.465 e. The van der Waals surface area contributed by atoms with Crippen LogP contribution in [0, 0.1) is 0 Å². The van der Waals surface area contributed by atoms with Gasteiger partial charge in [0.15, 0.2) is 10.3 Å². The molecular formula is C10H13BrN4O2S3. The number of ether oxygens (including phenoxy) is 1. The highest BCUT2D eigenvalue weighted by Gasteiger charge is 2.05. The number of thiazole rings is 2. The van der Waals surface area contributed by atoms with Crippen LogP contribution >= 0.6 is 50.4 Å². The number of esters is 1. The minimum absolute atomic E-state index is 0.209. The molecule has 0 aliphatic heterocycles. The molecule has 2 heterocycles. The van der Waals surface area contributed by atoms with Crippen LogP contribution in [0.3, 0.4) is 0 Å². The summed E-state index contributed by atoms with van der Waals surface area (Å²) in [4.78, 5) is 18.6. The predicted molar refractivity (Wildman–Crippen MR) is 88.1 cm³/mol. The second kappa shape index (κ2) is 9.16. The maximum atomic E-state index is 10.9. The van der Waals surface area contributed by atoms with Crippen molar-refractivity contribution in [2.24, 2.45) is 0 Å². The lowest BCUT2D eigenvalue weighted by atomic mass is 10.8. The summed E-state index contributed by atoms with van der Waals surface area (Å²) >= 11 is 7.39. The van der Waals surface area contributed by atoms with Crippen molar-refractivity contribution in [3.8, 4) is 0 Å². The third-order valence-corrected chi connectivity index (χ3v) is 4.94. The number of nitrogen functional groups attached to an aromatic ring is 2. The molecule has 0 saturated carbocycles. The smallest absolute Gasteiger partial charge is 0.316 e. The summed E-state index contributed by atoms with van der Waals surface area (Å²) in [6.07, 6.45) is 3.34. The van der Waals surface area contributed by atoms with Crippen LogP contribution < -0.4 is 11.5 Å². The molecule has 0 saturated heterocycles. The first kappa shape index (κ1) is 17.2.